The van der Waals surface area contributed by atoms with Crippen molar-refractivity contribution in [2.75, 3.05) is 0 Å². The number of carbonyl (C=O) groups excluding carboxylic acids is 3. The summed E-state index contributed by atoms with van der Waals surface area (Å²) in [5, 5.41) is 2.69. The topological polar surface area (TPSA) is 75.7 Å². The Morgan fingerprint density at radius 2 is 1.52 bits per heavy atom. The lowest BCUT2D eigenvalue weighted by molar-refractivity contribution is -0.143. The summed E-state index contributed by atoms with van der Waals surface area (Å²) in [6, 6.07) is 6.79. The molecule has 0 aliphatic carbocycles. The van der Waals surface area contributed by atoms with Crippen LogP contribution >= 0.6 is 0 Å². The Labute approximate surface area is 149 Å². The zero-order chi connectivity index (χ0) is 19.1. The Hall–Kier alpha value is -2.37. The Bertz CT molecular complexity index is 600. The van der Waals surface area contributed by atoms with Gasteiger partial charge in [0.1, 0.15) is 0 Å². The predicted octanol–water partition coefficient (Wildman–Crippen LogP) is 2.51. The minimum absolute atomic E-state index is 0.0294. The van der Waals surface area contributed by atoms with E-state index >= 15 is 0 Å². The fourth-order valence-corrected chi connectivity index (χ4v) is 2.58. The first-order valence-electron chi connectivity index (χ1n) is 8.50. The van der Waals surface area contributed by atoms with Crippen molar-refractivity contribution >= 4 is 17.8 Å². The molecular weight excluding hydrogens is 320 g/mol. The molecule has 0 radical (unpaired) electrons. The van der Waals surface area contributed by atoms with Crippen LogP contribution in [0, 0.1) is 0 Å². The Kier molecular flexibility index (Phi) is 7.61. The fourth-order valence-electron chi connectivity index (χ4n) is 2.58. The van der Waals surface area contributed by atoms with Gasteiger partial charge in [-0.2, -0.15) is 0 Å². The number of rotatable bonds is 7. The van der Waals surface area contributed by atoms with Gasteiger partial charge in [-0.15, -0.1) is 0 Å². The van der Waals surface area contributed by atoms with E-state index in [-0.39, 0.29) is 23.9 Å². The van der Waals surface area contributed by atoms with Crippen molar-refractivity contribution in [2.45, 2.75) is 66.3 Å². The van der Waals surface area contributed by atoms with Crippen LogP contribution in [-0.2, 0) is 20.9 Å². The first kappa shape index (κ1) is 20.7. The van der Waals surface area contributed by atoms with Crippen molar-refractivity contribution in [1.82, 2.24) is 10.2 Å². The predicted molar refractivity (Wildman–Crippen MR) is 96.0 cm³/mol. The second-order valence-electron chi connectivity index (χ2n) is 6.59. The summed E-state index contributed by atoms with van der Waals surface area (Å²) in [6.07, 6.45) is -0.851. The SMILES string of the molecule is CC(=O)NCc1ccc(C(=O)OC(C)C(=O)N(C(C)C)C(C)C)cc1. The van der Waals surface area contributed by atoms with E-state index in [1.807, 2.05) is 27.7 Å². The van der Waals surface area contributed by atoms with Gasteiger partial charge in [0, 0.05) is 25.6 Å². The number of nitrogens with one attached hydrogen (secondary N) is 1. The van der Waals surface area contributed by atoms with Crippen LogP contribution in [0.4, 0.5) is 0 Å². The number of amides is 2. The Balaban J connectivity index is 2.71. The molecule has 0 aromatic heterocycles. The molecule has 1 unspecified atom stereocenters. The third kappa shape index (κ3) is 6.21. The molecule has 25 heavy (non-hydrogen) atoms. The number of hydrogen-bond donors (Lipinski definition) is 1. The average Bonchev–Trinajstić information content (AvgIpc) is 2.52. The average molecular weight is 348 g/mol. The van der Waals surface area contributed by atoms with E-state index in [0.29, 0.717) is 12.1 Å². The molecule has 0 saturated carbocycles. The summed E-state index contributed by atoms with van der Waals surface area (Å²) in [7, 11) is 0. The molecular formula is C19H28N2O4. The van der Waals surface area contributed by atoms with Gasteiger partial charge in [-0.1, -0.05) is 12.1 Å². The van der Waals surface area contributed by atoms with Gasteiger partial charge in [-0.25, -0.2) is 4.79 Å². The van der Waals surface area contributed by atoms with Gasteiger partial charge in [0.05, 0.1) is 5.56 Å². The summed E-state index contributed by atoms with van der Waals surface area (Å²) in [4.78, 5) is 37.4. The van der Waals surface area contributed by atoms with E-state index in [4.69, 9.17) is 4.74 Å². The molecule has 0 aliphatic rings. The van der Waals surface area contributed by atoms with Gasteiger partial charge in [-0.05, 0) is 52.3 Å². The second kappa shape index (κ2) is 9.20. The highest BCUT2D eigenvalue weighted by molar-refractivity contribution is 5.92. The van der Waals surface area contributed by atoms with E-state index in [9.17, 15) is 14.4 Å². The summed E-state index contributed by atoms with van der Waals surface area (Å²) >= 11 is 0. The Morgan fingerprint density at radius 1 is 1.00 bits per heavy atom. The van der Waals surface area contributed by atoms with Crippen LogP contribution in [0.25, 0.3) is 0 Å². The molecule has 1 rings (SSSR count). The van der Waals surface area contributed by atoms with Crippen LogP contribution in [0.1, 0.15) is 57.5 Å². The molecule has 2 amide bonds. The molecule has 6 heteroatoms. The number of ether oxygens (including phenoxy) is 1. The van der Waals surface area contributed by atoms with Crippen LogP contribution in [0.3, 0.4) is 0 Å². The zero-order valence-electron chi connectivity index (χ0n) is 15.8. The third-order valence-corrected chi connectivity index (χ3v) is 3.73. The Morgan fingerprint density at radius 3 is 1.96 bits per heavy atom. The lowest BCUT2D eigenvalue weighted by atomic mass is 10.1. The van der Waals surface area contributed by atoms with E-state index in [0.717, 1.165) is 5.56 Å². The van der Waals surface area contributed by atoms with Gasteiger partial charge in [-0.3, -0.25) is 9.59 Å². The fraction of sp³-hybridized carbons (Fsp3) is 0.526. The van der Waals surface area contributed by atoms with Crippen molar-refractivity contribution in [3.05, 3.63) is 35.4 Å². The molecule has 6 nitrogen and oxygen atoms in total. The minimum atomic E-state index is -0.851. The van der Waals surface area contributed by atoms with Gasteiger partial charge in [0.25, 0.3) is 5.91 Å². The highest BCUT2D eigenvalue weighted by atomic mass is 16.5. The monoisotopic (exact) mass is 348 g/mol. The zero-order valence-corrected chi connectivity index (χ0v) is 15.8. The van der Waals surface area contributed by atoms with Gasteiger partial charge in [0.2, 0.25) is 5.91 Å². The quantitative estimate of drug-likeness (QED) is 0.768. The maximum absolute atomic E-state index is 12.5. The lowest BCUT2D eigenvalue weighted by Crippen LogP contribution is -2.47. The molecule has 1 aromatic rings. The van der Waals surface area contributed by atoms with Crippen LogP contribution in [0.15, 0.2) is 24.3 Å². The summed E-state index contributed by atoms with van der Waals surface area (Å²) in [5.74, 6) is -0.865. The van der Waals surface area contributed by atoms with E-state index in [1.165, 1.54) is 6.92 Å². The van der Waals surface area contributed by atoms with Crippen molar-refractivity contribution < 1.29 is 19.1 Å². The van der Waals surface area contributed by atoms with Crippen molar-refractivity contribution in [2.24, 2.45) is 0 Å². The maximum atomic E-state index is 12.5. The highest BCUT2D eigenvalue weighted by Gasteiger charge is 2.27. The minimum Gasteiger partial charge on any atom is -0.449 e. The van der Waals surface area contributed by atoms with Gasteiger partial charge in [0.15, 0.2) is 6.10 Å². The number of carbonyl (C=O) groups is 3. The number of benzene rings is 1. The van der Waals surface area contributed by atoms with E-state index in [2.05, 4.69) is 5.32 Å². The molecule has 0 bridgehead atoms. The molecule has 1 atom stereocenters. The van der Waals surface area contributed by atoms with Crippen LogP contribution in [0.5, 0.6) is 0 Å². The second-order valence-corrected chi connectivity index (χ2v) is 6.59. The number of esters is 1. The van der Waals surface area contributed by atoms with Crippen molar-refractivity contribution in [3.63, 3.8) is 0 Å². The molecule has 0 heterocycles. The number of nitrogens with zero attached hydrogens (tertiary/aromatic N) is 1. The van der Waals surface area contributed by atoms with Crippen molar-refractivity contribution in [1.29, 1.82) is 0 Å². The first-order valence-corrected chi connectivity index (χ1v) is 8.50. The van der Waals surface area contributed by atoms with Crippen LogP contribution in [-0.4, -0.2) is 40.9 Å². The van der Waals surface area contributed by atoms with Crippen molar-refractivity contribution in [3.8, 4) is 0 Å². The lowest BCUT2D eigenvalue weighted by Gasteiger charge is -2.32. The molecule has 0 aliphatic heterocycles. The van der Waals surface area contributed by atoms with Gasteiger partial charge >= 0.3 is 5.97 Å². The summed E-state index contributed by atoms with van der Waals surface area (Å²) < 4.78 is 5.32. The standard InChI is InChI=1S/C19H28N2O4/c1-12(2)21(13(3)4)18(23)14(5)25-19(24)17-9-7-16(8-10-17)11-20-15(6)22/h7-10,12-14H,11H2,1-6H3,(H,20,22). The molecule has 1 N–H and O–H groups in total. The maximum Gasteiger partial charge on any atom is 0.338 e. The molecule has 0 saturated heterocycles. The normalized spacial score (nSPS) is 12.0. The van der Waals surface area contributed by atoms with E-state index < -0.39 is 12.1 Å². The van der Waals surface area contributed by atoms with Gasteiger partial charge < -0.3 is 15.0 Å². The summed E-state index contributed by atoms with van der Waals surface area (Å²) in [5.41, 5.74) is 1.24. The number of hydrogen-bond acceptors (Lipinski definition) is 4. The molecule has 1 aromatic carbocycles. The molecule has 0 spiro atoms. The highest BCUT2D eigenvalue weighted by Crippen LogP contribution is 2.12. The smallest absolute Gasteiger partial charge is 0.338 e. The molecule has 138 valence electrons. The summed E-state index contributed by atoms with van der Waals surface area (Å²) in [6.45, 7) is 11.2. The van der Waals surface area contributed by atoms with Crippen LogP contribution in [0.2, 0.25) is 0 Å². The first-order chi connectivity index (χ1) is 11.6. The largest absolute Gasteiger partial charge is 0.449 e. The van der Waals surface area contributed by atoms with E-state index in [1.54, 1.807) is 36.1 Å². The molecule has 0 fully saturated rings. The third-order valence-electron chi connectivity index (χ3n) is 3.73. The van der Waals surface area contributed by atoms with Crippen LogP contribution < -0.4 is 5.32 Å².